The minimum Gasteiger partial charge on any atom is -0.379 e. The summed E-state index contributed by atoms with van der Waals surface area (Å²) in [5.41, 5.74) is 5.15. The summed E-state index contributed by atoms with van der Waals surface area (Å²) in [7, 11) is 0. The molecule has 0 N–H and O–H groups in total. The van der Waals surface area contributed by atoms with Crippen LogP contribution in [0.15, 0.2) is 121 Å². The monoisotopic (exact) mass is 562 g/mol. The van der Waals surface area contributed by atoms with Crippen molar-refractivity contribution in [3.63, 3.8) is 0 Å². The minimum absolute atomic E-state index is 0.161. The van der Waals surface area contributed by atoms with E-state index in [2.05, 4.69) is 153 Å². The summed E-state index contributed by atoms with van der Waals surface area (Å²) in [4.78, 5) is 0.322. The Balaban J connectivity index is 1.46. The first-order valence-electron chi connectivity index (χ1n) is 11.3. The van der Waals surface area contributed by atoms with Crippen molar-refractivity contribution in [1.82, 2.24) is 0 Å². The van der Waals surface area contributed by atoms with Crippen LogP contribution in [0.2, 0.25) is 0 Å². The third-order valence-electron chi connectivity index (χ3n) is 5.91. The molecule has 0 aromatic heterocycles. The zero-order valence-electron chi connectivity index (χ0n) is 18.4. The van der Waals surface area contributed by atoms with Gasteiger partial charge in [-0.25, -0.2) is 0 Å². The highest BCUT2D eigenvalue weighted by Gasteiger charge is 2.26. The molecule has 0 bridgehead atoms. The van der Waals surface area contributed by atoms with Gasteiger partial charge in [-0.3, -0.25) is 0 Å². The van der Waals surface area contributed by atoms with Crippen LogP contribution in [0.4, 0.5) is 0 Å². The van der Waals surface area contributed by atoms with Crippen molar-refractivity contribution in [3.8, 4) is 0 Å². The van der Waals surface area contributed by atoms with E-state index in [0.717, 1.165) is 0 Å². The molecule has 0 saturated carbocycles. The molecule has 0 heterocycles. The molecule has 0 radical (unpaired) electrons. The van der Waals surface area contributed by atoms with Crippen molar-refractivity contribution >= 4 is 31.9 Å². The van der Waals surface area contributed by atoms with Gasteiger partial charge in [0.2, 0.25) is 0 Å². The number of hydrogen-bond acceptors (Lipinski definition) is 1. The van der Waals surface area contributed by atoms with Gasteiger partial charge >= 0.3 is 0 Å². The first-order valence-corrected chi connectivity index (χ1v) is 13.1. The van der Waals surface area contributed by atoms with E-state index in [-0.39, 0.29) is 21.5 Å². The van der Waals surface area contributed by atoms with Crippen molar-refractivity contribution in [2.45, 2.75) is 21.5 Å². The molecule has 33 heavy (non-hydrogen) atoms. The fraction of sp³-hybridized carbons (Fsp3) is 0.200. The lowest BCUT2D eigenvalue weighted by Gasteiger charge is -2.26. The van der Waals surface area contributed by atoms with Crippen LogP contribution in [0.1, 0.15) is 34.1 Å². The third kappa shape index (κ3) is 6.44. The van der Waals surface area contributed by atoms with Gasteiger partial charge in [0, 0.05) is 21.5 Å². The predicted molar refractivity (Wildman–Crippen MR) is 146 cm³/mol. The van der Waals surface area contributed by atoms with Gasteiger partial charge in [0.15, 0.2) is 0 Å². The summed E-state index contributed by atoms with van der Waals surface area (Å²) in [5.74, 6) is 0.445. The SMILES string of the molecule is BrC(COCC(Br)C(c1ccccc1)c1ccccc1)C(c1ccccc1)c1ccccc1. The van der Waals surface area contributed by atoms with Crippen LogP contribution in [-0.4, -0.2) is 22.9 Å². The Morgan fingerprint density at radius 1 is 0.424 bits per heavy atom. The van der Waals surface area contributed by atoms with Gasteiger partial charge in [0.05, 0.1) is 13.2 Å². The Morgan fingerprint density at radius 2 is 0.667 bits per heavy atom. The summed E-state index contributed by atoms with van der Waals surface area (Å²) >= 11 is 7.91. The largest absolute Gasteiger partial charge is 0.379 e. The lowest BCUT2D eigenvalue weighted by molar-refractivity contribution is 0.133. The number of ether oxygens (including phenoxy) is 1. The second kappa shape index (κ2) is 12.3. The zero-order chi connectivity index (χ0) is 22.9. The third-order valence-corrected chi connectivity index (χ3v) is 7.50. The lowest BCUT2D eigenvalue weighted by Crippen LogP contribution is -2.24. The molecule has 2 unspecified atom stereocenters. The highest BCUT2D eigenvalue weighted by molar-refractivity contribution is 9.09. The molecule has 0 saturated heterocycles. The fourth-order valence-electron chi connectivity index (χ4n) is 4.35. The van der Waals surface area contributed by atoms with Gasteiger partial charge < -0.3 is 4.74 Å². The fourth-order valence-corrected chi connectivity index (χ4v) is 5.94. The van der Waals surface area contributed by atoms with Crippen LogP contribution in [0, 0.1) is 0 Å². The van der Waals surface area contributed by atoms with Crippen LogP contribution >= 0.6 is 31.9 Å². The smallest absolute Gasteiger partial charge is 0.0601 e. The number of benzene rings is 4. The van der Waals surface area contributed by atoms with E-state index in [0.29, 0.717) is 13.2 Å². The number of hydrogen-bond donors (Lipinski definition) is 0. The molecule has 3 heteroatoms. The minimum atomic E-state index is 0.161. The number of halogens is 2. The normalized spacial score (nSPS) is 13.2. The van der Waals surface area contributed by atoms with Gasteiger partial charge in [-0.1, -0.05) is 153 Å². The van der Waals surface area contributed by atoms with E-state index in [9.17, 15) is 0 Å². The van der Waals surface area contributed by atoms with Gasteiger partial charge in [0.1, 0.15) is 0 Å². The number of alkyl halides is 2. The van der Waals surface area contributed by atoms with Crippen molar-refractivity contribution < 1.29 is 4.74 Å². The second-order valence-corrected chi connectivity index (χ2v) is 10.5. The van der Waals surface area contributed by atoms with E-state index >= 15 is 0 Å². The van der Waals surface area contributed by atoms with Crippen LogP contribution in [0.5, 0.6) is 0 Å². The molecular formula is C30H28Br2O. The Kier molecular flexibility index (Phi) is 8.93. The predicted octanol–water partition coefficient (Wildman–Crippen LogP) is 8.19. The molecular weight excluding hydrogens is 536 g/mol. The molecule has 2 atom stereocenters. The molecule has 0 aliphatic rings. The maximum Gasteiger partial charge on any atom is 0.0601 e. The number of rotatable bonds is 10. The molecule has 0 amide bonds. The van der Waals surface area contributed by atoms with E-state index in [1.807, 2.05) is 0 Å². The second-order valence-electron chi connectivity index (χ2n) is 8.17. The first kappa shape index (κ1) is 23.9. The van der Waals surface area contributed by atoms with Crippen LogP contribution in [-0.2, 0) is 4.74 Å². The Bertz CT molecular complexity index is 903. The van der Waals surface area contributed by atoms with Gasteiger partial charge in [-0.2, -0.15) is 0 Å². The van der Waals surface area contributed by atoms with Crippen molar-refractivity contribution in [1.29, 1.82) is 0 Å². The molecule has 0 spiro atoms. The quantitative estimate of drug-likeness (QED) is 0.177. The van der Waals surface area contributed by atoms with Crippen LogP contribution in [0.3, 0.4) is 0 Å². The Hall–Kier alpha value is -2.20. The lowest BCUT2D eigenvalue weighted by atomic mass is 9.88. The average Bonchev–Trinajstić information content (AvgIpc) is 2.87. The average molecular weight is 564 g/mol. The molecule has 168 valence electrons. The topological polar surface area (TPSA) is 9.23 Å². The highest BCUT2D eigenvalue weighted by Crippen LogP contribution is 2.34. The molecule has 0 aliphatic carbocycles. The molecule has 4 aromatic carbocycles. The Labute approximate surface area is 214 Å². The van der Waals surface area contributed by atoms with E-state index in [4.69, 9.17) is 4.74 Å². The van der Waals surface area contributed by atoms with Crippen molar-refractivity contribution in [2.24, 2.45) is 0 Å². The maximum atomic E-state index is 6.31. The summed E-state index contributed by atoms with van der Waals surface area (Å²) < 4.78 is 6.31. The molecule has 4 rings (SSSR count). The van der Waals surface area contributed by atoms with E-state index < -0.39 is 0 Å². The summed E-state index contributed by atoms with van der Waals surface area (Å²) in [5, 5.41) is 0. The summed E-state index contributed by atoms with van der Waals surface area (Å²) in [6.07, 6.45) is 0. The van der Waals surface area contributed by atoms with Gasteiger partial charge in [-0.15, -0.1) is 0 Å². The zero-order valence-corrected chi connectivity index (χ0v) is 21.6. The van der Waals surface area contributed by atoms with Gasteiger partial charge in [0.25, 0.3) is 0 Å². The van der Waals surface area contributed by atoms with Crippen LogP contribution < -0.4 is 0 Å². The summed E-state index contributed by atoms with van der Waals surface area (Å²) in [6.45, 7) is 1.24. The standard InChI is InChI=1S/C30H28Br2O/c31-27(29(23-13-5-1-6-14-23)24-15-7-2-8-16-24)21-33-22-28(32)30(25-17-9-3-10-18-25)26-19-11-4-12-20-26/h1-20,27-30H,21-22H2. The van der Waals surface area contributed by atoms with Crippen molar-refractivity contribution in [2.75, 3.05) is 13.2 Å². The summed E-state index contributed by atoms with van der Waals surface area (Å²) in [6, 6.07) is 42.6. The first-order chi connectivity index (χ1) is 16.2. The molecule has 1 nitrogen and oxygen atoms in total. The van der Waals surface area contributed by atoms with Crippen LogP contribution in [0.25, 0.3) is 0 Å². The molecule has 0 fully saturated rings. The van der Waals surface area contributed by atoms with Crippen molar-refractivity contribution in [3.05, 3.63) is 144 Å². The maximum absolute atomic E-state index is 6.31. The van der Waals surface area contributed by atoms with E-state index in [1.165, 1.54) is 22.3 Å². The Morgan fingerprint density at radius 3 is 0.909 bits per heavy atom. The molecule has 0 aliphatic heterocycles. The molecule has 4 aromatic rings. The highest BCUT2D eigenvalue weighted by atomic mass is 79.9. The van der Waals surface area contributed by atoms with E-state index in [1.54, 1.807) is 0 Å². The van der Waals surface area contributed by atoms with Gasteiger partial charge in [-0.05, 0) is 22.3 Å².